The van der Waals surface area contributed by atoms with Gasteiger partial charge < -0.3 is 24.3 Å². The van der Waals surface area contributed by atoms with E-state index >= 15 is 0 Å². The molecule has 0 bridgehead atoms. The Morgan fingerprint density at radius 1 is 1.17 bits per heavy atom. The third-order valence-corrected chi connectivity index (χ3v) is 6.33. The summed E-state index contributed by atoms with van der Waals surface area (Å²) in [6.07, 6.45) is 0.130. The van der Waals surface area contributed by atoms with Crippen LogP contribution in [0.5, 0.6) is 11.5 Å². The molecule has 0 spiro atoms. The predicted molar refractivity (Wildman–Crippen MR) is 120 cm³/mol. The average Bonchev–Trinajstić information content (AvgIpc) is 3.25. The lowest BCUT2D eigenvalue weighted by Crippen LogP contribution is -2.34. The quantitative estimate of drug-likeness (QED) is 0.501. The highest BCUT2D eigenvalue weighted by atomic mass is 32.1. The Morgan fingerprint density at radius 3 is 2.57 bits per heavy atom. The summed E-state index contributed by atoms with van der Waals surface area (Å²) in [5.74, 6) is -4.87. The third-order valence-electron chi connectivity index (χ3n) is 5.36. The van der Waals surface area contributed by atoms with Crippen molar-refractivity contribution in [2.45, 2.75) is 6.17 Å². The number of fused-ring (bicyclic) bond motifs is 1. The number of H-pyrrole nitrogens is 1. The van der Waals surface area contributed by atoms with E-state index in [1.54, 1.807) is 0 Å². The number of carboxylic acids is 1. The molecule has 2 aromatic heterocycles. The fraction of sp³-hybridized carbons (Fsp3) is 0.227. The highest BCUT2D eigenvalue weighted by Gasteiger charge is 2.33. The molecule has 2 atom stereocenters. The van der Waals surface area contributed by atoms with Gasteiger partial charge in [-0.3, -0.25) is 4.79 Å². The molecule has 0 fully saturated rings. The van der Waals surface area contributed by atoms with Gasteiger partial charge in [-0.05, 0) is 12.2 Å². The van der Waals surface area contributed by atoms with Crippen molar-refractivity contribution in [1.29, 1.82) is 0 Å². The van der Waals surface area contributed by atoms with Crippen LogP contribution in [0.25, 0.3) is 16.6 Å². The van der Waals surface area contributed by atoms with Gasteiger partial charge >= 0.3 is 11.7 Å². The van der Waals surface area contributed by atoms with Crippen LogP contribution >= 0.6 is 11.3 Å². The van der Waals surface area contributed by atoms with Gasteiger partial charge in [0.25, 0.3) is 5.56 Å². The summed E-state index contributed by atoms with van der Waals surface area (Å²) < 4.78 is 59.3. The number of allylic oxidation sites excluding steroid dienone is 3. The second kappa shape index (κ2) is 9.33. The van der Waals surface area contributed by atoms with Crippen LogP contribution in [-0.4, -0.2) is 47.6 Å². The van der Waals surface area contributed by atoms with E-state index in [-0.39, 0.29) is 33.0 Å². The molecule has 35 heavy (non-hydrogen) atoms. The van der Waals surface area contributed by atoms with Crippen LogP contribution in [0, 0.1) is 11.7 Å². The molecule has 0 amide bonds. The summed E-state index contributed by atoms with van der Waals surface area (Å²) in [6.45, 7) is -0.457. The van der Waals surface area contributed by atoms with Crippen LogP contribution in [-0.2, 0) is 4.74 Å². The van der Waals surface area contributed by atoms with Gasteiger partial charge in [0.2, 0.25) is 0 Å². The largest absolute Gasteiger partial charge is 0.501 e. The molecule has 0 saturated heterocycles. The Bertz CT molecular complexity index is 1510. The number of methoxy groups -OCH3 is 2. The highest BCUT2D eigenvalue weighted by molar-refractivity contribution is 7.13. The van der Waals surface area contributed by atoms with E-state index in [0.29, 0.717) is 4.57 Å². The first-order chi connectivity index (χ1) is 16.7. The summed E-state index contributed by atoms with van der Waals surface area (Å²) >= 11 is 0.728. The highest BCUT2D eigenvalue weighted by Crippen LogP contribution is 2.35. The lowest BCUT2D eigenvalue weighted by molar-refractivity contribution is 0.0704. The minimum Gasteiger partial charge on any atom is -0.501 e. The van der Waals surface area contributed by atoms with E-state index in [0.717, 1.165) is 29.5 Å². The number of aromatic carboxylic acids is 1. The molecule has 184 valence electrons. The zero-order valence-corrected chi connectivity index (χ0v) is 19.0. The summed E-state index contributed by atoms with van der Waals surface area (Å²) in [7, 11) is 2.49. The van der Waals surface area contributed by atoms with Crippen LogP contribution in [0.3, 0.4) is 0 Å². The lowest BCUT2D eigenvalue weighted by atomic mass is 9.96. The number of aromatic nitrogens is 2. The fourth-order valence-corrected chi connectivity index (χ4v) is 4.49. The molecule has 0 saturated carbocycles. The second-order valence-electron chi connectivity index (χ2n) is 7.33. The number of alkyl halides is 1. The number of hydrogen-bond donors (Lipinski definition) is 2. The molecule has 1 aliphatic carbocycles. The van der Waals surface area contributed by atoms with Gasteiger partial charge in [-0.2, -0.15) is 0 Å². The summed E-state index contributed by atoms with van der Waals surface area (Å²) in [6, 6.07) is 1.82. The van der Waals surface area contributed by atoms with Crippen molar-refractivity contribution in [3.63, 3.8) is 0 Å². The molecular weight excluding hydrogens is 493 g/mol. The number of halogens is 3. The molecule has 4 rings (SSSR count). The monoisotopic (exact) mass is 510 g/mol. The van der Waals surface area contributed by atoms with Crippen molar-refractivity contribution in [1.82, 2.24) is 9.55 Å². The standard InChI is InChI=1S/C22H17F3N2O7S/c1-32-14-4-3-10(23)18(25)9(14)7-34-16-6-13(11(24)5-15(16)33-2)27-20(28)17-12(26-22(27)31)8-35-19(17)21(29)30/h3-6,8-9,18H,7H2,1-2H3,(H,26,31)(H,29,30). The van der Waals surface area contributed by atoms with Crippen molar-refractivity contribution in [3.05, 3.63) is 72.8 Å². The molecule has 0 radical (unpaired) electrons. The summed E-state index contributed by atoms with van der Waals surface area (Å²) in [5.41, 5.74) is -2.67. The Labute approximate surface area is 198 Å². The van der Waals surface area contributed by atoms with Crippen LogP contribution in [0.15, 0.2) is 50.8 Å². The SMILES string of the molecule is COC1=CC=C(F)C(F)C1COc1cc(-n2c(=O)[nH]c3csc(C(=O)O)c3c2=O)c(F)cc1OC. The predicted octanol–water partition coefficient (Wildman–Crippen LogP) is 3.32. The molecule has 9 nitrogen and oxygen atoms in total. The zero-order valence-electron chi connectivity index (χ0n) is 18.1. The zero-order chi connectivity index (χ0) is 25.4. The molecule has 2 heterocycles. The number of carboxylic acid groups (broad SMARTS) is 1. The van der Waals surface area contributed by atoms with Crippen molar-refractivity contribution < 1.29 is 37.3 Å². The molecule has 1 aromatic carbocycles. The van der Waals surface area contributed by atoms with Crippen molar-refractivity contribution >= 4 is 28.2 Å². The number of thiophene rings is 1. The maximum absolute atomic E-state index is 15.0. The molecular formula is C22H17F3N2O7S. The Balaban J connectivity index is 1.80. The normalized spacial score (nSPS) is 17.6. The van der Waals surface area contributed by atoms with Crippen LogP contribution < -0.4 is 20.7 Å². The first-order valence-electron chi connectivity index (χ1n) is 9.93. The van der Waals surface area contributed by atoms with Gasteiger partial charge in [0.15, 0.2) is 23.5 Å². The maximum Gasteiger partial charge on any atom is 0.346 e. The Morgan fingerprint density at radius 2 is 1.91 bits per heavy atom. The number of carbonyl (C=O) groups is 1. The van der Waals surface area contributed by atoms with Crippen LogP contribution in [0.1, 0.15) is 9.67 Å². The Kier molecular flexibility index (Phi) is 6.43. The molecule has 13 heteroatoms. The Hall–Kier alpha value is -4.00. The second-order valence-corrected chi connectivity index (χ2v) is 8.21. The minimum absolute atomic E-state index is 0.00991. The van der Waals surface area contributed by atoms with Crippen LogP contribution in [0.4, 0.5) is 13.2 Å². The molecule has 2 N–H and O–H groups in total. The van der Waals surface area contributed by atoms with E-state index in [9.17, 15) is 32.7 Å². The van der Waals surface area contributed by atoms with Crippen molar-refractivity contribution in [2.75, 3.05) is 20.8 Å². The first kappa shape index (κ1) is 24.1. The molecule has 0 aliphatic heterocycles. The number of nitrogens with one attached hydrogen (secondary N) is 1. The van der Waals surface area contributed by atoms with E-state index in [2.05, 4.69) is 4.98 Å². The fourth-order valence-electron chi connectivity index (χ4n) is 3.66. The number of nitrogens with zero attached hydrogens (tertiary/aromatic N) is 1. The summed E-state index contributed by atoms with van der Waals surface area (Å²) in [5, 5.41) is 10.3. The topological polar surface area (TPSA) is 120 Å². The van der Waals surface area contributed by atoms with Gasteiger partial charge in [-0.15, -0.1) is 11.3 Å². The van der Waals surface area contributed by atoms with Crippen molar-refractivity contribution in [3.8, 4) is 17.2 Å². The van der Waals surface area contributed by atoms with Crippen molar-refractivity contribution in [2.24, 2.45) is 5.92 Å². The number of hydrogen-bond acceptors (Lipinski definition) is 7. The lowest BCUT2D eigenvalue weighted by Gasteiger charge is -2.25. The number of benzene rings is 1. The van der Waals surface area contributed by atoms with Gasteiger partial charge in [-0.25, -0.2) is 27.3 Å². The van der Waals surface area contributed by atoms with Gasteiger partial charge in [0, 0.05) is 17.5 Å². The number of ether oxygens (including phenoxy) is 3. The smallest absolute Gasteiger partial charge is 0.346 e. The van der Waals surface area contributed by atoms with Gasteiger partial charge in [-0.1, -0.05) is 0 Å². The average molecular weight is 510 g/mol. The van der Waals surface area contributed by atoms with Gasteiger partial charge in [0.05, 0.1) is 36.7 Å². The third kappa shape index (κ3) is 4.18. The van der Waals surface area contributed by atoms with Crippen LogP contribution in [0.2, 0.25) is 0 Å². The number of rotatable bonds is 7. The van der Waals surface area contributed by atoms with E-state index in [4.69, 9.17) is 14.2 Å². The molecule has 1 aliphatic rings. The number of aromatic amines is 1. The summed E-state index contributed by atoms with van der Waals surface area (Å²) in [4.78, 5) is 39.2. The molecule has 3 aromatic rings. The van der Waals surface area contributed by atoms with Gasteiger partial charge in [0.1, 0.15) is 23.1 Å². The molecule has 2 unspecified atom stereocenters. The van der Waals surface area contributed by atoms with E-state index in [1.807, 2.05) is 0 Å². The maximum atomic E-state index is 15.0. The van der Waals surface area contributed by atoms with E-state index in [1.165, 1.54) is 25.7 Å². The van der Waals surface area contributed by atoms with E-state index < -0.39 is 53.2 Å². The minimum atomic E-state index is -2.05. The first-order valence-corrected chi connectivity index (χ1v) is 10.8.